The number of carbonyl (C=O) groups excluding carboxylic acids is 1. The van der Waals surface area contributed by atoms with Gasteiger partial charge in [0.25, 0.3) is 0 Å². The van der Waals surface area contributed by atoms with Gasteiger partial charge in [0.1, 0.15) is 11.3 Å². The van der Waals surface area contributed by atoms with Crippen molar-refractivity contribution >= 4 is 38.8 Å². The van der Waals surface area contributed by atoms with Crippen LogP contribution in [0.3, 0.4) is 0 Å². The number of methoxy groups -OCH3 is 1. The first-order valence-electron chi connectivity index (χ1n) is 8.26. The maximum atomic E-state index is 12.3. The number of sulfonamides is 1. The molecule has 0 radical (unpaired) electrons. The number of oxazole rings is 1. The van der Waals surface area contributed by atoms with Gasteiger partial charge in [-0.25, -0.2) is 17.7 Å². The second kappa shape index (κ2) is 7.83. The summed E-state index contributed by atoms with van der Waals surface area (Å²) in [5.74, 6) is 0.133. The summed E-state index contributed by atoms with van der Waals surface area (Å²) in [7, 11) is 0.646. The molecule has 1 amide bonds. The lowest BCUT2D eigenvalue weighted by molar-refractivity contribution is -0.111. The number of aromatic nitrogens is 1. The Kier molecular flexibility index (Phi) is 5.48. The Labute approximate surface area is 162 Å². The van der Waals surface area contributed by atoms with Crippen molar-refractivity contribution in [1.82, 2.24) is 9.29 Å². The molecule has 1 N–H and O–H groups in total. The molecule has 0 unspecified atom stereocenters. The van der Waals surface area contributed by atoms with E-state index >= 15 is 0 Å². The predicted molar refractivity (Wildman–Crippen MR) is 106 cm³/mol. The molecule has 0 aliphatic carbocycles. The van der Waals surface area contributed by atoms with E-state index in [4.69, 9.17) is 9.15 Å². The van der Waals surface area contributed by atoms with Gasteiger partial charge >= 0.3 is 0 Å². The first-order valence-corrected chi connectivity index (χ1v) is 9.70. The molecule has 2 aromatic carbocycles. The molecule has 0 spiro atoms. The zero-order chi connectivity index (χ0) is 20.3. The van der Waals surface area contributed by atoms with Gasteiger partial charge in [-0.1, -0.05) is 12.1 Å². The summed E-state index contributed by atoms with van der Waals surface area (Å²) >= 11 is 0. The van der Waals surface area contributed by atoms with Crippen LogP contribution in [0.2, 0.25) is 0 Å². The van der Waals surface area contributed by atoms with Crippen LogP contribution in [-0.2, 0) is 14.8 Å². The molecule has 0 bridgehead atoms. The van der Waals surface area contributed by atoms with Gasteiger partial charge in [0.05, 0.1) is 17.7 Å². The number of benzene rings is 2. The van der Waals surface area contributed by atoms with Crippen LogP contribution < -0.4 is 10.1 Å². The molecule has 0 atom stereocenters. The number of rotatable bonds is 6. The van der Waals surface area contributed by atoms with Crippen LogP contribution in [0.5, 0.6) is 5.75 Å². The summed E-state index contributed by atoms with van der Waals surface area (Å²) in [4.78, 5) is 16.6. The van der Waals surface area contributed by atoms with E-state index in [1.807, 2.05) is 12.1 Å². The average Bonchev–Trinajstić information content (AvgIpc) is 3.09. The van der Waals surface area contributed by atoms with Crippen LogP contribution in [0.1, 0.15) is 5.89 Å². The molecule has 0 aliphatic heterocycles. The van der Waals surface area contributed by atoms with Gasteiger partial charge < -0.3 is 14.5 Å². The summed E-state index contributed by atoms with van der Waals surface area (Å²) in [6, 6.07) is 11.5. The number of fused-ring (bicyclic) bond motifs is 1. The minimum Gasteiger partial charge on any atom is -0.495 e. The third-order valence-corrected chi connectivity index (χ3v) is 5.71. The van der Waals surface area contributed by atoms with Gasteiger partial charge in [-0.05, 0) is 30.3 Å². The van der Waals surface area contributed by atoms with Gasteiger partial charge in [0.2, 0.25) is 21.8 Å². The molecule has 0 saturated carbocycles. The van der Waals surface area contributed by atoms with Crippen molar-refractivity contribution in [2.45, 2.75) is 4.90 Å². The first kappa shape index (κ1) is 19.6. The number of carbonyl (C=O) groups is 1. The number of ether oxygens (including phenoxy) is 1. The minimum atomic E-state index is -3.65. The van der Waals surface area contributed by atoms with Gasteiger partial charge in [-0.3, -0.25) is 4.79 Å². The maximum Gasteiger partial charge on any atom is 0.248 e. The van der Waals surface area contributed by atoms with Crippen LogP contribution in [0, 0.1) is 0 Å². The van der Waals surface area contributed by atoms with E-state index in [0.29, 0.717) is 16.8 Å². The van der Waals surface area contributed by atoms with Crippen LogP contribution in [-0.4, -0.2) is 44.8 Å². The van der Waals surface area contributed by atoms with Crippen LogP contribution >= 0.6 is 0 Å². The fourth-order valence-electron chi connectivity index (χ4n) is 2.44. The highest BCUT2D eigenvalue weighted by Gasteiger charge is 2.19. The summed E-state index contributed by atoms with van der Waals surface area (Å²) < 4.78 is 36.4. The van der Waals surface area contributed by atoms with Crippen LogP contribution in [0.25, 0.3) is 17.2 Å². The van der Waals surface area contributed by atoms with Crippen molar-refractivity contribution in [3.8, 4) is 5.75 Å². The number of hydrogen-bond donors (Lipinski definition) is 1. The Morgan fingerprint density at radius 2 is 1.96 bits per heavy atom. The number of anilines is 1. The van der Waals surface area contributed by atoms with Crippen molar-refractivity contribution in [2.75, 3.05) is 26.5 Å². The van der Waals surface area contributed by atoms with E-state index in [2.05, 4.69) is 10.3 Å². The SMILES string of the molecule is COc1ccc(S(=O)(=O)N(C)C)cc1NC(=O)/C=C/c1nc2ccccc2o1. The lowest BCUT2D eigenvalue weighted by Crippen LogP contribution is -2.22. The molecule has 0 saturated heterocycles. The Balaban J connectivity index is 1.82. The van der Waals surface area contributed by atoms with E-state index in [9.17, 15) is 13.2 Å². The Morgan fingerprint density at radius 3 is 2.64 bits per heavy atom. The molecule has 9 heteroatoms. The highest BCUT2D eigenvalue weighted by molar-refractivity contribution is 7.89. The average molecular weight is 401 g/mol. The second-order valence-electron chi connectivity index (χ2n) is 5.99. The summed E-state index contributed by atoms with van der Waals surface area (Å²) in [5.41, 5.74) is 1.54. The zero-order valence-electron chi connectivity index (χ0n) is 15.5. The van der Waals surface area contributed by atoms with Gasteiger partial charge in [0.15, 0.2) is 5.58 Å². The van der Waals surface area contributed by atoms with Gasteiger partial charge in [-0.2, -0.15) is 0 Å². The van der Waals surface area contributed by atoms with E-state index in [1.165, 1.54) is 51.6 Å². The lowest BCUT2D eigenvalue weighted by Gasteiger charge is -2.14. The van der Waals surface area contributed by atoms with Gasteiger partial charge in [-0.15, -0.1) is 0 Å². The normalized spacial score (nSPS) is 12.0. The zero-order valence-corrected chi connectivity index (χ0v) is 16.4. The van der Waals surface area contributed by atoms with E-state index in [-0.39, 0.29) is 16.5 Å². The topological polar surface area (TPSA) is 102 Å². The Hall–Kier alpha value is -3.17. The third-order valence-electron chi connectivity index (χ3n) is 3.90. The maximum absolute atomic E-state index is 12.3. The molecule has 1 aromatic heterocycles. The van der Waals surface area contributed by atoms with E-state index in [0.717, 1.165) is 4.31 Å². The van der Waals surface area contributed by atoms with Crippen molar-refractivity contribution in [1.29, 1.82) is 0 Å². The lowest BCUT2D eigenvalue weighted by atomic mass is 10.3. The van der Waals surface area contributed by atoms with E-state index in [1.54, 1.807) is 12.1 Å². The summed E-state index contributed by atoms with van der Waals surface area (Å²) in [6.07, 6.45) is 2.68. The molecule has 3 rings (SSSR count). The number of hydrogen-bond acceptors (Lipinski definition) is 6. The molecular formula is C19H19N3O5S. The molecule has 0 aliphatic rings. The van der Waals surface area contributed by atoms with Crippen molar-refractivity contribution in [3.05, 3.63) is 54.4 Å². The van der Waals surface area contributed by atoms with Crippen LogP contribution in [0.4, 0.5) is 5.69 Å². The smallest absolute Gasteiger partial charge is 0.248 e. The number of nitrogens with zero attached hydrogens (tertiary/aromatic N) is 2. The van der Waals surface area contributed by atoms with Crippen molar-refractivity contribution < 1.29 is 22.4 Å². The Bertz CT molecular complexity index is 1120. The van der Waals surface area contributed by atoms with Crippen molar-refractivity contribution in [2.24, 2.45) is 0 Å². The largest absolute Gasteiger partial charge is 0.495 e. The predicted octanol–water partition coefficient (Wildman–Crippen LogP) is 2.74. The number of para-hydroxylation sites is 2. The van der Waals surface area contributed by atoms with Gasteiger partial charge in [0, 0.05) is 26.2 Å². The van der Waals surface area contributed by atoms with E-state index < -0.39 is 15.9 Å². The minimum absolute atomic E-state index is 0.0385. The fourth-order valence-corrected chi connectivity index (χ4v) is 3.37. The number of amides is 1. The molecule has 3 aromatic rings. The molecule has 146 valence electrons. The Morgan fingerprint density at radius 1 is 1.21 bits per heavy atom. The molecule has 28 heavy (non-hydrogen) atoms. The quantitative estimate of drug-likeness (QED) is 0.637. The second-order valence-corrected chi connectivity index (χ2v) is 8.14. The molecule has 1 heterocycles. The summed E-state index contributed by atoms with van der Waals surface area (Å²) in [6.45, 7) is 0. The van der Waals surface area contributed by atoms with Crippen LogP contribution in [0.15, 0.2) is 57.9 Å². The summed E-state index contributed by atoms with van der Waals surface area (Å²) in [5, 5.41) is 2.61. The molecular weight excluding hydrogens is 382 g/mol. The standard InChI is InChI=1S/C19H19N3O5S/c1-22(2)28(24,25)13-8-9-16(26-3)15(12-13)20-18(23)10-11-19-21-14-6-4-5-7-17(14)27-19/h4-12H,1-3H3,(H,20,23)/b11-10+. The molecule has 0 fully saturated rings. The highest BCUT2D eigenvalue weighted by atomic mass is 32.2. The highest BCUT2D eigenvalue weighted by Crippen LogP contribution is 2.28. The third kappa shape index (κ3) is 4.05. The fraction of sp³-hybridized carbons (Fsp3) is 0.158. The molecule has 8 nitrogen and oxygen atoms in total. The monoisotopic (exact) mass is 401 g/mol. The number of nitrogens with one attached hydrogen (secondary N) is 1. The first-order chi connectivity index (χ1) is 13.3. The van der Waals surface area contributed by atoms with Crippen molar-refractivity contribution in [3.63, 3.8) is 0 Å².